The fourth-order valence-electron chi connectivity index (χ4n) is 2.37. The number of nitrogen functional groups attached to an aromatic ring is 1. The number of hydrogen-bond acceptors (Lipinski definition) is 4. The van der Waals surface area contributed by atoms with Crippen LogP contribution in [0.25, 0.3) is 0 Å². The van der Waals surface area contributed by atoms with Crippen molar-refractivity contribution >= 4 is 11.4 Å². The average molecular weight is 243 g/mol. The monoisotopic (exact) mass is 243 g/mol. The molecule has 5 heteroatoms. The molecule has 1 aliphatic rings. The summed E-state index contributed by atoms with van der Waals surface area (Å²) >= 11 is 0. The van der Waals surface area contributed by atoms with E-state index in [1.807, 2.05) is 6.07 Å². The molecule has 1 aliphatic heterocycles. The summed E-state index contributed by atoms with van der Waals surface area (Å²) in [5.41, 5.74) is 10.6. The molecule has 1 aromatic carbocycles. The van der Waals surface area contributed by atoms with Crippen LogP contribution in [0.3, 0.4) is 0 Å². The summed E-state index contributed by atoms with van der Waals surface area (Å²) in [6.07, 6.45) is 1.79. The molecule has 0 spiro atoms. The zero-order chi connectivity index (χ0) is 12.7. The SMILES string of the molecule is Cc1cc(N)c(N2CCn3cnnc3C2)cc1C. The van der Waals surface area contributed by atoms with E-state index >= 15 is 0 Å². The number of rotatable bonds is 1. The van der Waals surface area contributed by atoms with Gasteiger partial charge in [-0.2, -0.15) is 0 Å². The molecule has 0 saturated carbocycles. The number of aromatic nitrogens is 3. The molecule has 94 valence electrons. The highest BCUT2D eigenvalue weighted by molar-refractivity contribution is 5.70. The first-order chi connectivity index (χ1) is 8.65. The van der Waals surface area contributed by atoms with Crippen LogP contribution in [0.1, 0.15) is 17.0 Å². The van der Waals surface area contributed by atoms with Gasteiger partial charge in [0, 0.05) is 13.1 Å². The Kier molecular flexibility index (Phi) is 2.47. The van der Waals surface area contributed by atoms with Gasteiger partial charge in [0.15, 0.2) is 5.82 Å². The van der Waals surface area contributed by atoms with Gasteiger partial charge in [-0.05, 0) is 37.1 Å². The van der Waals surface area contributed by atoms with Crippen molar-refractivity contribution in [1.29, 1.82) is 0 Å². The van der Waals surface area contributed by atoms with Crippen molar-refractivity contribution in [2.45, 2.75) is 26.9 Å². The molecule has 3 rings (SSSR count). The van der Waals surface area contributed by atoms with Crippen LogP contribution in [0.5, 0.6) is 0 Å². The van der Waals surface area contributed by atoms with E-state index < -0.39 is 0 Å². The minimum atomic E-state index is 0.771. The van der Waals surface area contributed by atoms with Crippen molar-refractivity contribution in [1.82, 2.24) is 14.8 Å². The Hall–Kier alpha value is -2.04. The molecule has 2 N–H and O–H groups in total. The molecule has 2 heterocycles. The van der Waals surface area contributed by atoms with Crippen LogP contribution >= 0.6 is 0 Å². The smallest absolute Gasteiger partial charge is 0.152 e. The minimum absolute atomic E-state index is 0.771. The molecule has 0 atom stereocenters. The van der Waals surface area contributed by atoms with Crippen LogP contribution in [0.4, 0.5) is 11.4 Å². The first kappa shape index (κ1) is 11.1. The second kappa shape index (κ2) is 4.01. The number of fused-ring (bicyclic) bond motifs is 1. The Morgan fingerprint density at radius 2 is 1.94 bits per heavy atom. The van der Waals surface area contributed by atoms with Gasteiger partial charge in [-0.1, -0.05) is 0 Å². The van der Waals surface area contributed by atoms with E-state index in [1.54, 1.807) is 6.33 Å². The highest BCUT2D eigenvalue weighted by Gasteiger charge is 2.19. The van der Waals surface area contributed by atoms with Gasteiger partial charge in [0.25, 0.3) is 0 Å². The summed E-state index contributed by atoms with van der Waals surface area (Å²) in [5, 5.41) is 8.07. The van der Waals surface area contributed by atoms with E-state index in [2.05, 4.69) is 39.6 Å². The van der Waals surface area contributed by atoms with Crippen molar-refractivity contribution < 1.29 is 0 Å². The molecule has 5 nitrogen and oxygen atoms in total. The van der Waals surface area contributed by atoms with Crippen molar-refractivity contribution in [3.63, 3.8) is 0 Å². The van der Waals surface area contributed by atoms with Crippen molar-refractivity contribution in [2.24, 2.45) is 0 Å². The zero-order valence-electron chi connectivity index (χ0n) is 10.7. The summed E-state index contributed by atoms with van der Waals surface area (Å²) in [6, 6.07) is 4.21. The fraction of sp³-hybridized carbons (Fsp3) is 0.385. The molecule has 1 aromatic heterocycles. The lowest BCUT2D eigenvalue weighted by Gasteiger charge is -2.30. The van der Waals surface area contributed by atoms with Gasteiger partial charge in [0.2, 0.25) is 0 Å². The Morgan fingerprint density at radius 1 is 1.17 bits per heavy atom. The molecule has 0 saturated heterocycles. The zero-order valence-corrected chi connectivity index (χ0v) is 10.7. The lowest BCUT2D eigenvalue weighted by Crippen LogP contribution is -2.34. The standard InChI is InChI=1S/C13H17N5/c1-9-5-11(14)12(6-10(9)2)17-3-4-18-8-15-16-13(18)7-17/h5-6,8H,3-4,7,14H2,1-2H3. The lowest BCUT2D eigenvalue weighted by molar-refractivity contribution is 0.560. The number of anilines is 2. The van der Waals surface area contributed by atoms with Crippen LogP contribution in [0, 0.1) is 13.8 Å². The van der Waals surface area contributed by atoms with E-state index in [4.69, 9.17) is 5.73 Å². The molecule has 0 bridgehead atoms. The average Bonchev–Trinajstić information content (AvgIpc) is 2.80. The number of nitrogens with two attached hydrogens (primary N) is 1. The van der Waals surface area contributed by atoms with Gasteiger partial charge in [-0.3, -0.25) is 0 Å². The van der Waals surface area contributed by atoms with Gasteiger partial charge < -0.3 is 15.2 Å². The molecule has 0 aliphatic carbocycles. The maximum atomic E-state index is 6.13. The van der Waals surface area contributed by atoms with Crippen molar-refractivity contribution in [3.05, 3.63) is 35.4 Å². The Bertz CT molecular complexity index is 587. The summed E-state index contributed by atoms with van der Waals surface area (Å²) in [6.45, 7) is 6.83. The first-order valence-electron chi connectivity index (χ1n) is 6.13. The van der Waals surface area contributed by atoms with Crippen LogP contribution in [-0.2, 0) is 13.1 Å². The molecule has 0 radical (unpaired) electrons. The second-order valence-corrected chi connectivity index (χ2v) is 4.86. The Balaban J connectivity index is 1.95. The maximum Gasteiger partial charge on any atom is 0.152 e. The third-order valence-corrected chi connectivity index (χ3v) is 3.62. The molecular formula is C13H17N5. The Morgan fingerprint density at radius 3 is 2.78 bits per heavy atom. The van der Waals surface area contributed by atoms with Crippen LogP contribution in [-0.4, -0.2) is 21.3 Å². The number of nitrogens with zero attached hydrogens (tertiary/aromatic N) is 4. The van der Waals surface area contributed by atoms with Gasteiger partial charge in [-0.25, -0.2) is 0 Å². The van der Waals surface area contributed by atoms with E-state index in [9.17, 15) is 0 Å². The molecule has 0 unspecified atom stereocenters. The van der Waals surface area contributed by atoms with Gasteiger partial charge in [0.05, 0.1) is 17.9 Å². The molecular weight excluding hydrogens is 226 g/mol. The van der Waals surface area contributed by atoms with E-state index in [1.165, 1.54) is 11.1 Å². The van der Waals surface area contributed by atoms with Crippen molar-refractivity contribution in [2.75, 3.05) is 17.2 Å². The predicted molar refractivity (Wildman–Crippen MR) is 71.4 cm³/mol. The number of benzene rings is 1. The van der Waals surface area contributed by atoms with Gasteiger partial charge in [0.1, 0.15) is 6.33 Å². The number of aryl methyl sites for hydroxylation is 2. The molecule has 18 heavy (non-hydrogen) atoms. The third-order valence-electron chi connectivity index (χ3n) is 3.62. The molecule has 2 aromatic rings. The van der Waals surface area contributed by atoms with E-state index in [0.29, 0.717) is 0 Å². The van der Waals surface area contributed by atoms with Crippen LogP contribution in [0.15, 0.2) is 18.5 Å². The van der Waals surface area contributed by atoms with Crippen LogP contribution < -0.4 is 10.6 Å². The van der Waals surface area contributed by atoms with Gasteiger partial charge >= 0.3 is 0 Å². The fourth-order valence-corrected chi connectivity index (χ4v) is 2.37. The van der Waals surface area contributed by atoms with Gasteiger partial charge in [-0.15, -0.1) is 10.2 Å². The number of hydrogen-bond donors (Lipinski definition) is 1. The predicted octanol–water partition coefficient (Wildman–Crippen LogP) is 1.50. The topological polar surface area (TPSA) is 60.0 Å². The lowest BCUT2D eigenvalue weighted by atomic mass is 10.1. The normalized spacial score (nSPS) is 14.7. The summed E-state index contributed by atoms with van der Waals surface area (Å²) in [5.74, 6) is 0.999. The van der Waals surface area contributed by atoms with E-state index in [0.717, 1.165) is 36.8 Å². The molecule has 0 amide bonds. The molecule has 0 fully saturated rings. The van der Waals surface area contributed by atoms with Crippen molar-refractivity contribution in [3.8, 4) is 0 Å². The van der Waals surface area contributed by atoms with Crippen LogP contribution in [0.2, 0.25) is 0 Å². The highest BCUT2D eigenvalue weighted by Crippen LogP contribution is 2.29. The minimum Gasteiger partial charge on any atom is -0.397 e. The summed E-state index contributed by atoms with van der Waals surface area (Å²) in [7, 11) is 0. The largest absolute Gasteiger partial charge is 0.397 e. The maximum absolute atomic E-state index is 6.13. The third kappa shape index (κ3) is 1.72. The second-order valence-electron chi connectivity index (χ2n) is 4.86. The Labute approximate surface area is 106 Å². The first-order valence-corrected chi connectivity index (χ1v) is 6.13. The van der Waals surface area contributed by atoms with E-state index in [-0.39, 0.29) is 0 Å². The summed E-state index contributed by atoms with van der Waals surface area (Å²) in [4.78, 5) is 2.27. The highest BCUT2D eigenvalue weighted by atomic mass is 15.3. The summed E-state index contributed by atoms with van der Waals surface area (Å²) < 4.78 is 2.09. The quantitative estimate of drug-likeness (QED) is 0.771.